The maximum atomic E-state index is 5.91. The van der Waals surface area contributed by atoms with E-state index in [1.807, 2.05) is 7.11 Å². The fourth-order valence-electron chi connectivity index (χ4n) is 5.99. The molecule has 3 saturated carbocycles. The summed E-state index contributed by atoms with van der Waals surface area (Å²) in [6, 6.07) is 0. The summed E-state index contributed by atoms with van der Waals surface area (Å²) in [6.45, 7) is 0. The van der Waals surface area contributed by atoms with Gasteiger partial charge in [-0.3, -0.25) is 0 Å². The van der Waals surface area contributed by atoms with Crippen molar-refractivity contribution in [3.05, 3.63) is 0 Å². The van der Waals surface area contributed by atoms with Gasteiger partial charge < -0.3 is 4.74 Å². The summed E-state index contributed by atoms with van der Waals surface area (Å²) < 4.78 is 5.91. The molecule has 0 aromatic carbocycles. The van der Waals surface area contributed by atoms with Gasteiger partial charge in [-0.25, -0.2) is 0 Å². The Balaban J connectivity index is 1.88. The largest absolute Gasteiger partial charge is 0.388 e. The van der Waals surface area contributed by atoms with Crippen LogP contribution in [0.25, 0.3) is 0 Å². The summed E-state index contributed by atoms with van der Waals surface area (Å²) in [5.74, 6) is 0. The smallest absolute Gasteiger partial charge is 0.0928 e. The molecule has 3 fully saturated rings. The van der Waals surface area contributed by atoms with Crippen molar-refractivity contribution < 1.29 is 4.74 Å². The Morgan fingerprint density at radius 3 is 1.26 bits per heavy atom. The van der Waals surface area contributed by atoms with Gasteiger partial charge >= 0.3 is 0 Å². The predicted octanol–water partition coefficient (Wildman–Crippen LogP) is 5.45. The van der Waals surface area contributed by atoms with Crippen LogP contribution >= 0.6 is 0 Å². The first-order chi connectivity index (χ1) is 9.38. The quantitative estimate of drug-likeness (QED) is 0.608. The third-order valence-corrected chi connectivity index (χ3v) is 13.8. The molecule has 0 aliphatic heterocycles. The molecule has 19 heavy (non-hydrogen) atoms. The van der Waals surface area contributed by atoms with Crippen molar-refractivity contribution in [3.63, 3.8) is 0 Å². The first kappa shape index (κ1) is 14.1. The number of ether oxygens (including phenoxy) is 1. The third kappa shape index (κ3) is 2.55. The molecule has 0 aromatic heterocycles. The normalized spacial score (nSPS) is 27.6. The first-order valence-corrected chi connectivity index (χ1v) is 11.3. The topological polar surface area (TPSA) is 9.23 Å². The van der Waals surface area contributed by atoms with E-state index < -0.39 is 8.07 Å². The maximum Gasteiger partial charge on any atom is 0.0928 e. The van der Waals surface area contributed by atoms with Gasteiger partial charge in [-0.2, -0.15) is 0 Å². The van der Waals surface area contributed by atoms with E-state index in [1.165, 1.54) is 44.8 Å². The first-order valence-electron chi connectivity index (χ1n) is 8.87. The minimum Gasteiger partial charge on any atom is -0.388 e. The van der Waals surface area contributed by atoms with Crippen molar-refractivity contribution in [2.45, 2.75) is 93.7 Å². The van der Waals surface area contributed by atoms with Crippen LogP contribution in [0.5, 0.6) is 0 Å². The second kappa shape index (κ2) is 6.30. The third-order valence-electron chi connectivity index (χ3n) is 6.74. The lowest BCUT2D eigenvalue weighted by atomic mass is 10.3. The van der Waals surface area contributed by atoms with Crippen LogP contribution in [0.1, 0.15) is 77.0 Å². The Morgan fingerprint density at radius 2 is 1.00 bits per heavy atom. The molecule has 0 aromatic rings. The molecule has 3 aliphatic carbocycles. The van der Waals surface area contributed by atoms with Crippen LogP contribution in [0, 0.1) is 0 Å². The summed E-state index contributed by atoms with van der Waals surface area (Å²) in [5.41, 5.74) is 3.37. The van der Waals surface area contributed by atoms with E-state index in [0.717, 1.165) is 16.6 Å². The molecule has 0 radical (unpaired) electrons. The van der Waals surface area contributed by atoms with E-state index in [1.54, 1.807) is 38.5 Å². The van der Waals surface area contributed by atoms with Crippen molar-refractivity contribution >= 4 is 8.07 Å². The van der Waals surface area contributed by atoms with Crippen molar-refractivity contribution in [1.82, 2.24) is 0 Å². The second-order valence-electron chi connectivity index (χ2n) is 7.49. The summed E-state index contributed by atoms with van der Waals surface area (Å²) in [5, 5.41) is 0. The van der Waals surface area contributed by atoms with E-state index in [9.17, 15) is 0 Å². The zero-order valence-electron chi connectivity index (χ0n) is 12.8. The highest BCUT2D eigenvalue weighted by molar-refractivity contribution is 6.84. The Hall–Kier alpha value is 0.177. The fourth-order valence-corrected chi connectivity index (χ4v) is 13.6. The molecule has 0 bridgehead atoms. The van der Waals surface area contributed by atoms with Gasteiger partial charge in [0.2, 0.25) is 0 Å². The van der Waals surface area contributed by atoms with E-state index in [2.05, 4.69) is 0 Å². The molecule has 0 unspecified atom stereocenters. The Morgan fingerprint density at radius 1 is 0.684 bits per heavy atom. The van der Waals surface area contributed by atoms with Gasteiger partial charge in [-0.15, -0.1) is 0 Å². The lowest BCUT2D eigenvalue weighted by Gasteiger charge is -2.46. The average Bonchev–Trinajstić information content (AvgIpc) is 3.18. The highest BCUT2D eigenvalue weighted by atomic mass is 28.3. The number of methoxy groups -OCH3 is 1. The lowest BCUT2D eigenvalue weighted by molar-refractivity contribution is 0.238. The number of hydrogen-bond donors (Lipinski definition) is 0. The van der Waals surface area contributed by atoms with Gasteiger partial charge in [0.1, 0.15) is 0 Å². The highest BCUT2D eigenvalue weighted by Gasteiger charge is 2.53. The van der Waals surface area contributed by atoms with Crippen molar-refractivity contribution in [2.24, 2.45) is 0 Å². The van der Waals surface area contributed by atoms with Gasteiger partial charge in [0, 0.05) is 13.3 Å². The molecule has 0 atom stereocenters. The standard InChI is InChI=1S/C17H32OSi/c1-18-14-19(15-8-2-3-9-15,16-10-4-5-11-16)17-12-6-7-13-17/h15-17H,2-14H2,1H3. The zero-order valence-corrected chi connectivity index (χ0v) is 13.8. The molecule has 3 rings (SSSR count). The number of hydrogen-bond acceptors (Lipinski definition) is 1. The van der Waals surface area contributed by atoms with Gasteiger partial charge in [0.15, 0.2) is 0 Å². The molecule has 2 heteroatoms. The highest BCUT2D eigenvalue weighted by Crippen LogP contribution is 2.58. The second-order valence-corrected chi connectivity index (χ2v) is 12.5. The van der Waals surface area contributed by atoms with Crippen molar-refractivity contribution in [3.8, 4) is 0 Å². The molecule has 0 N–H and O–H groups in total. The van der Waals surface area contributed by atoms with Crippen LogP contribution in [-0.2, 0) is 4.74 Å². The lowest BCUT2D eigenvalue weighted by Crippen LogP contribution is -2.51. The molecule has 3 aliphatic rings. The molecule has 0 amide bonds. The summed E-state index contributed by atoms with van der Waals surface area (Å²) >= 11 is 0. The summed E-state index contributed by atoms with van der Waals surface area (Å²) in [4.78, 5) is 0. The van der Waals surface area contributed by atoms with Crippen LogP contribution < -0.4 is 0 Å². The predicted molar refractivity (Wildman–Crippen MR) is 84.3 cm³/mol. The van der Waals surface area contributed by atoms with Crippen LogP contribution in [0.2, 0.25) is 16.6 Å². The molecule has 0 saturated heterocycles. The maximum absolute atomic E-state index is 5.91. The molecule has 0 heterocycles. The molecule has 1 nitrogen and oxygen atoms in total. The Bertz CT molecular complexity index is 232. The van der Waals surface area contributed by atoms with Crippen molar-refractivity contribution in [2.75, 3.05) is 13.3 Å². The van der Waals surface area contributed by atoms with E-state index in [4.69, 9.17) is 4.74 Å². The molecular weight excluding hydrogens is 248 g/mol. The van der Waals surface area contributed by atoms with E-state index in [-0.39, 0.29) is 0 Å². The summed E-state index contributed by atoms with van der Waals surface area (Å²) in [7, 11) is 0.768. The molecule has 110 valence electrons. The van der Waals surface area contributed by atoms with Crippen LogP contribution in [0.4, 0.5) is 0 Å². The van der Waals surface area contributed by atoms with Crippen LogP contribution in [0.15, 0.2) is 0 Å². The fraction of sp³-hybridized carbons (Fsp3) is 1.00. The van der Waals surface area contributed by atoms with Crippen molar-refractivity contribution in [1.29, 1.82) is 0 Å². The van der Waals surface area contributed by atoms with Crippen LogP contribution in [-0.4, -0.2) is 21.4 Å². The van der Waals surface area contributed by atoms with Gasteiger partial charge in [0.05, 0.1) is 8.07 Å². The number of rotatable bonds is 5. The van der Waals surface area contributed by atoms with E-state index in [0.29, 0.717) is 0 Å². The monoisotopic (exact) mass is 280 g/mol. The van der Waals surface area contributed by atoms with Gasteiger partial charge in [-0.05, 0) is 16.6 Å². The Labute approximate surface area is 120 Å². The SMILES string of the molecule is COC[Si](C1CCCC1)(C1CCCC1)C1CCCC1. The zero-order chi connectivity index (χ0) is 13.1. The average molecular weight is 281 g/mol. The Kier molecular flexibility index (Phi) is 4.68. The minimum atomic E-state index is -1.22. The van der Waals surface area contributed by atoms with E-state index >= 15 is 0 Å². The van der Waals surface area contributed by atoms with Crippen LogP contribution in [0.3, 0.4) is 0 Å². The van der Waals surface area contributed by atoms with Gasteiger partial charge in [-0.1, -0.05) is 77.0 Å². The molecular formula is C17H32OSi. The molecule has 0 spiro atoms. The van der Waals surface area contributed by atoms with Gasteiger partial charge in [0.25, 0.3) is 0 Å². The minimum absolute atomic E-state index is 1.12. The summed E-state index contributed by atoms with van der Waals surface area (Å²) in [6.07, 6.45) is 19.6.